The van der Waals surface area contributed by atoms with E-state index in [1.165, 1.54) is 11.1 Å². The minimum atomic E-state index is -0.112. The zero-order valence-electron chi connectivity index (χ0n) is 18.2. The van der Waals surface area contributed by atoms with Gasteiger partial charge in [-0.2, -0.15) is 0 Å². The van der Waals surface area contributed by atoms with Gasteiger partial charge in [-0.15, -0.1) is 0 Å². The summed E-state index contributed by atoms with van der Waals surface area (Å²) in [5.41, 5.74) is 6.54. The lowest BCUT2D eigenvalue weighted by Gasteiger charge is -2.29. The molecule has 1 atom stereocenters. The summed E-state index contributed by atoms with van der Waals surface area (Å²) >= 11 is 0. The molecule has 2 rings (SSSR count). The van der Waals surface area contributed by atoms with Crippen molar-refractivity contribution < 1.29 is 19.5 Å². The van der Waals surface area contributed by atoms with Gasteiger partial charge in [0.2, 0.25) is 0 Å². The van der Waals surface area contributed by atoms with Crippen molar-refractivity contribution in [3.8, 4) is 5.75 Å². The highest BCUT2D eigenvalue weighted by Gasteiger charge is 2.34. The summed E-state index contributed by atoms with van der Waals surface area (Å²) in [6, 6.07) is 0. The third-order valence-corrected chi connectivity index (χ3v) is 5.81. The van der Waals surface area contributed by atoms with Gasteiger partial charge in [0.15, 0.2) is 5.78 Å². The predicted molar refractivity (Wildman–Crippen MR) is 113 cm³/mol. The molecule has 1 N–H and O–H groups in total. The molecular formula is C23H33NO4. The lowest BCUT2D eigenvalue weighted by molar-refractivity contribution is -0.116. The second kappa shape index (κ2) is 9.26. The molecule has 5 heteroatoms. The first-order valence-electron chi connectivity index (χ1n) is 10.1. The van der Waals surface area contributed by atoms with Crippen LogP contribution in [0.3, 0.4) is 0 Å². The standard InChI is InChI=1S/C23H33NO4/c1-8-10-18(24-28-9-2)22-19(25)11-17(12-20(22)26)21-15(5)13(3)14(4)16(6)23(21)27-7/h17,25H,8-12H2,1-7H3/b24-18+. The van der Waals surface area contributed by atoms with E-state index in [0.717, 1.165) is 28.9 Å². The quantitative estimate of drug-likeness (QED) is 0.504. The number of methoxy groups -OCH3 is 1. The van der Waals surface area contributed by atoms with Gasteiger partial charge < -0.3 is 14.7 Å². The van der Waals surface area contributed by atoms with Crippen molar-refractivity contribution in [2.24, 2.45) is 5.16 Å². The van der Waals surface area contributed by atoms with Crippen LogP contribution in [-0.4, -0.2) is 30.3 Å². The summed E-state index contributed by atoms with van der Waals surface area (Å²) in [6.45, 7) is 12.6. The van der Waals surface area contributed by atoms with Crippen LogP contribution in [0, 0.1) is 27.7 Å². The number of nitrogens with zero attached hydrogens (tertiary/aromatic N) is 1. The number of rotatable bonds is 7. The molecule has 1 aromatic carbocycles. The normalized spacial score (nSPS) is 17.9. The van der Waals surface area contributed by atoms with E-state index in [1.807, 2.05) is 20.8 Å². The molecule has 0 amide bonds. The van der Waals surface area contributed by atoms with E-state index in [0.29, 0.717) is 37.2 Å². The number of hydrogen-bond donors (Lipinski definition) is 1. The minimum absolute atomic E-state index is 0.0852. The largest absolute Gasteiger partial charge is 0.511 e. The Kier molecular flexibility index (Phi) is 7.28. The number of oxime groups is 1. The van der Waals surface area contributed by atoms with Gasteiger partial charge in [-0.1, -0.05) is 18.5 Å². The minimum Gasteiger partial charge on any atom is -0.511 e. The molecule has 0 radical (unpaired) electrons. The number of allylic oxidation sites excluding steroid dienone is 2. The monoisotopic (exact) mass is 387 g/mol. The molecule has 154 valence electrons. The van der Waals surface area contributed by atoms with Crippen molar-refractivity contribution in [3.05, 3.63) is 39.1 Å². The lowest BCUT2D eigenvalue weighted by Crippen LogP contribution is -2.25. The van der Waals surface area contributed by atoms with E-state index in [2.05, 4.69) is 25.9 Å². The van der Waals surface area contributed by atoms with Gasteiger partial charge >= 0.3 is 0 Å². The number of carbonyl (C=O) groups is 1. The molecule has 28 heavy (non-hydrogen) atoms. The number of carbonyl (C=O) groups excluding carboxylic acids is 1. The van der Waals surface area contributed by atoms with Crippen LogP contribution in [0.25, 0.3) is 0 Å². The number of ether oxygens (including phenoxy) is 1. The van der Waals surface area contributed by atoms with E-state index < -0.39 is 0 Å². The van der Waals surface area contributed by atoms with Crippen molar-refractivity contribution in [2.45, 2.75) is 73.1 Å². The molecule has 0 fully saturated rings. The Bertz CT molecular complexity index is 821. The van der Waals surface area contributed by atoms with Crippen molar-refractivity contribution in [1.29, 1.82) is 0 Å². The Morgan fingerprint density at radius 3 is 2.25 bits per heavy atom. The van der Waals surface area contributed by atoms with Crippen LogP contribution in [0.5, 0.6) is 5.75 Å². The molecule has 0 bridgehead atoms. The highest BCUT2D eigenvalue weighted by Crippen LogP contribution is 2.43. The van der Waals surface area contributed by atoms with Crippen molar-refractivity contribution >= 4 is 11.5 Å². The molecule has 0 aliphatic heterocycles. The summed E-state index contributed by atoms with van der Waals surface area (Å²) < 4.78 is 5.73. The highest BCUT2D eigenvalue weighted by atomic mass is 16.6. The Hall–Kier alpha value is -2.30. The molecule has 0 heterocycles. The molecule has 1 aliphatic carbocycles. The molecule has 0 aromatic heterocycles. The van der Waals surface area contributed by atoms with E-state index in [9.17, 15) is 9.90 Å². The van der Waals surface area contributed by atoms with Crippen molar-refractivity contribution in [3.63, 3.8) is 0 Å². The van der Waals surface area contributed by atoms with Gasteiger partial charge in [-0.3, -0.25) is 4.79 Å². The molecule has 1 unspecified atom stereocenters. The first kappa shape index (κ1) is 22.0. The Morgan fingerprint density at radius 2 is 1.71 bits per heavy atom. The summed E-state index contributed by atoms with van der Waals surface area (Å²) in [4.78, 5) is 18.2. The maximum atomic E-state index is 13.0. The number of aliphatic hydroxyl groups is 1. The fourth-order valence-electron chi connectivity index (χ4n) is 4.08. The molecule has 0 saturated carbocycles. The van der Waals surface area contributed by atoms with Gasteiger partial charge in [0.05, 0.1) is 18.4 Å². The maximum Gasteiger partial charge on any atom is 0.168 e. The Labute approximate surface area is 168 Å². The second-order valence-electron chi connectivity index (χ2n) is 7.50. The van der Waals surface area contributed by atoms with Crippen LogP contribution in [0.2, 0.25) is 0 Å². The fourth-order valence-corrected chi connectivity index (χ4v) is 4.08. The van der Waals surface area contributed by atoms with Gasteiger partial charge in [0.25, 0.3) is 0 Å². The average molecular weight is 388 g/mol. The Morgan fingerprint density at radius 1 is 1.07 bits per heavy atom. The van der Waals surface area contributed by atoms with Crippen LogP contribution in [0.1, 0.15) is 73.3 Å². The molecule has 1 aromatic rings. The zero-order chi connectivity index (χ0) is 21.0. The molecule has 5 nitrogen and oxygen atoms in total. The smallest absolute Gasteiger partial charge is 0.168 e. The van der Waals surface area contributed by atoms with Crippen molar-refractivity contribution in [2.75, 3.05) is 13.7 Å². The number of benzene rings is 1. The van der Waals surface area contributed by atoms with E-state index in [4.69, 9.17) is 9.57 Å². The summed E-state index contributed by atoms with van der Waals surface area (Å²) in [5.74, 6) is 0.731. The van der Waals surface area contributed by atoms with Crippen molar-refractivity contribution in [1.82, 2.24) is 0 Å². The highest BCUT2D eigenvalue weighted by molar-refractivity contribution is 6.23. The van der Waals surface area contributed by atoms with E-state index in [-0.39, 0.29) is 17.5 Å². The summed E-state index contributed by atoms with van der Waals surface area (Å²) in [5, 5.41) is 14.9. The third-order valence-electron chi connectivity index (χ3n) is 5.81. The lowest BCUT2D eigenvalue weighted by atomic mass is 9.77. The third kappa shape index (κ3) is 4.08. The average Bonchev–Trinajstić information content (AvgIpc) is 2.66. The molecular weight excluding hydrogens is 354 g/mol. The van der Waals surface area contributed by atoms with Crippen LogP contribution >= 0.6 is 0 Å². The zero-order valence-corrected chi connectivity index (χ0v) is 18.2. The second-order valence-corrected chi connectivity index (χ2v) is 7.50. The molecule has 0 saturated heterocycles. The van der Waals surface area contributed by atoms with Crippen LogP contribution in [-0.2, 0) is 9.63 Å². The summed E-state index contributed by atoms with van der Waals surface area (Å²) in [7, 11) is 1.67. The van der Waals surface area contributed by atoms with E-state index >= 15 is 0 Å². The van der Waals surface area contributed by atoms with Crippen LogP contribution in [0.15, 0.2) is 16.5 Å². The number of aliphatic hydroxyl groups excluding tert-OH is 1. The number of Topliss-reactive ketones (excluding diaryl/α,β-unsaturated/α-hetero) is 1. The topological polar surface area (TPSA) is 68.1 Å². The summed E-state index contributed by atoms with van der Waals surface area (Å²) in [6.07, 6.45) is 2.14. The van der Waals surface area contributed by atoms with Crippen LogP contribution < -0.4 is 4.74 Å². The first-order valence-corrected chi connectivity index (χ1v) is 10.1. The predicted octanol–water partition coefficient (Wildman–Crippen LogP) is 5.38. The van der Waals surface area contributed by atoms with E-state index in [1.54, 1.807) is 7.11 Å². The van der Waals surface area contributed by atoms with Gasteiger partial charge in [0.1, 0.15) is 18.1 Å². The Balaban J connectivity index is 2.52. The number of hydrogen-bond acceptors (Lipinski definition) is 5. The van der Waals surface area contributed by atoms with Gasteiger partial charge in [0, 0.05) is 24.3 Å². The van der Waals surface area contributed by atoms with Gasteiger partial charge in [-0.05, 0) is 63.3 Å². The SMILES string of the molecule is CCC/C(=N\OCC)C1=C(O)CC(c2c(C)c(C)c(C)c(C)c2OC)CC1=O. The fraction of sp³-hybridized carbons (Fsp3) is 0.565. The van der Waals surface area contributed by atoms with Crippen LogP contribution in [0.4, 0.5) is 0 Å². The number of ketones is 1. The molecule has 0 spiro atoms. The first-order chi connectivity index (χ1) is 13.3. The molecule has 1 aliphatic rings. The maximum absolute atomic E-state index is 13.0. The van der Waals surface area contributed by atoms with Gasteiger partial charge in [-0.25, -0.2) is 0 Å².